The third kappa shape index (κ3) is 2.96. The minimum absolute atomic E-state index is 0.626. The zero-order valence-electron chi connectivity index (χ0n) is 12.0. The number of nitrogens with one attached hydrogen (secondary N) is 1. The maximum Gasteiger partial charge on any atom is 0.165 e. The molecular formula is C16H19NO3. The van der Waals surface area contributed by atoms with E-state index < -0.39 is 0 Å². The first-order chi connectivity index (χ1) is 9.80. The number of rotatable bonds is 6. The van der Waals surface area contributed by atoms with E-state index in [0.29, 0.717) is 6.54 Å². The van der Waals surface area contributed by atoms with Crippen LogP contribution in [0.2, 0.25) is 0 Å². The Kier molecular flexibility index (Phi) is 4.71. The molecule has 106 valence electrons. The highest BCUT2D eigenvalue weighted by molar-refractivity contribution is 5.57. The number of benzene rings is 2. The van der Waals surface area contributed by atoms with Crippen LogP contribution >= 0.6 is 0 Å². The van der Waals surface area contributed by atoms with Crippen LogP contribution < -0.4 is 19.5 Å². The molecule has 2 aromatic rings. The summed E-state index contributed by atoms with van der Waals surface area (Å²) in [7, 11) is 4.94. The van der Waals surface area contributed by atoms with Crippen molar-refractivity contribution in [3.63, 3.8) is 0 Å². The Morgan fingerprint density at radius 2 is 1.50 bits per heavy atom. The average Bonchev–Trinajstić information content (AvgIpc) is 2.52. The summed E-state index contributed by atoms with van der Waals surface area (Å²) in [6.07, 6.45) is 0. The molecule has 4 nitrogen and oxygen atoms in total. The van der Waals surface area contributed by atoms with E-state index in [2.05, 4.69) is 5.32 Å². The summed E-state index contributed by atoms with van der Waals surface area (Å²) < 4.78 is 16.0. The van der Waals surface area contributed by atoms with Crippen LogP contribution in [0.5, 0.6) is 17.2 Å². The highest BCUT2D eigenvalue weighted by atomic mass is 16.5. The summed E-state index contributed by atoms with van der Waals surface area (Å²) in [6, 6.07) is 13.6. The minimum atomic E-state index is 0.626. The number of para-hydroxylation sites is 3. The summed E-state index contributed by atoms with van der Waals surface area (Å²) in [5, 5.41) is 3.35. The minimum Gasteiger partial charge on any atom is -0.495 e. The summed E-state index contributed by atoms with van der Waals surface area (Å²) >= 11 is 0. The van der Waals surface area contributed by atoms with Crippen LogP contribution in [0, 0.1) is 0 Å². The van der Waals surface area contributed by atoms with Gasteiger partial charge in [0.15, 0.2) is 11.5 Å². The first kappa shape index (κ1) is 14.1. The lowest BCUT2D eigenvalue weighted by molar-refractivity contribution is 0.352. The molecule has 0 aliphatic rings. The van der Waals surface area contributed by atoms with Crippen LogP contribution in [0.3, 0.4) is 0 Å². The van der Waals surface area contributed by atoms with Crippen molar-refractivity contribution in [1.82, 2.24) is 0 Å². The molecule has 2 rings (SSSR count). The SMILES string of the molecule is COc1ccccc1NCc1cccc(OC)c1OC. The Hall–Kier alpha value is -2.36. The quantitative estimate of drug-likeness (QED) is 0.876. The molecule has 0 heterocycles. The summed E-state index contributed by atoms with van der Waals surface area (Å²) in [5.74, 6) is 2.29. The number of methoxy groups -OCH3 is 3. The van der Waals surface area contributed by atoms with E-state index in [0.717, 1.165) is 28.5 Å². The lowest BCUT2D eigenvalue weighted by Crippen LogP contribution is -2.04. The van der Waals surface area contributed by atoms with Crippen molar-refractivity contribution in [2.24, 2.45) is 0 Å². The van der Waals surface area contributed by atoms with E-state index in [9.17, 15) is 0 Å². The molecule has 0 spiro atoms. The van der Waals surface area contributed by atoms with Crippen LogP contribution in [0.4, 0.5) is 5.69 Å². The number of ether oxygens (including phenoxy) is 3. The molecule has 0 unspecified atom stereocenters. The lowest BCUT2D eigenvalue weighted by Gasteiger charge is -2.15. The van der Waals surface area contributed by atoms with Gasteiger partial charge in [0.05, 0.1) is 27.0 Å². The number of hydrogen-bond acceptors (Lipinski definition) is 4. The molecule has 0 atom stereocenters. The van der Waals surface area contributed by atoms with Gasteiger partial charge in [-0.25, -0.2) is 0 Å². The molecule has 0 saturated carbocycles. The van der Waals surface area contributed by atoms with E-state index in [1.54, 1.807) is 21.3 Å². The van der Waals surface area contributed by atoms with E-state index in [1.807, 2.05) is 42.5 Å². The molecule has 0 radical (unpaired) electrons. The van der Waals surface area contributed by atoms with E-state index in [4.69, 9.17) is 14.2 Å². The van der Waals surface area contributed by atoms with Gasteiger partial charge in [-0.05, 0) is 18.2 Å². The third-order valence-electron chi connectivity index (χ3n) is 3.06. The van der Waals surface area contributed by atoms with E-state index >= 15 is 0 Å². The molecule has 0 fully saturated rings. The highest BCUT2D eigenvalue weighted by Gasteiger charge is 2.09. The van der Waals surface area contributed by atoms with E-state index in [-0.39, 0.29) is 0 Å². The molecule has 0 aliphatic carbocycles. The predicted molar refractivity (Wildman–Crippen MR) is 79.9 cm³/mol. The van der Waals surface area contributed by atoms with Crippen molar-refractivity contribution in [2.75, 3.05) is 26.6 Å². The number of anilines is 1. The molecule has 4 heteroatoms. The van der Waals surface area contributed by atoms with Gasteiger partial charge in [0.2, 0.25) is 0 Å². The zero-order chi connectivity index (χ0) is 14.4. The predicted octanol–water partition coefficient (Wildman–Crippen LogP) is 3.32. The Balaban J connectivity index is 2.19. The monoisotopic (exact) mass is 273 g/mol. The van der Waals surface area contributed by atoms with Gasteiger partial charge in [-0.1, -0.05) is 24.3 Å². The van der Waals surface area contributed by atoms with Gasteiger partial charge < -0.3 is 19.5 Å². The van der Waals surface area contributed by atoms with Gasteiger partial charge in [-0.3, -0.25) is 0 Å². The maximum atomic E-state index is 5.42. The van der Waals surface area contributed by atoms with E-state index in [1.165, 1.54) is 0 Å². The number of hydrogen-bond donors (Lipinski definition) is 1. The molecule has 0 aromatic heterocycles. The van der Waals surface area contributed by atoms with Crippen molar-refractivity contribution < 1.29 is 14.2 Å². The molecule has 2 aromatic carbocycles. The van der Waals surface area contributed by atoms with Crippen LogP contribution in [0.1, 0.15) is 5.56 Å². The Labute approximate surface area is 119 Å². The Morgan fingerprint density at radius 1 is 0.800 bits per heavy atom. The van der Waals surface area contributed by atoms with Crippen molar-refractivity contribution in [2.45, 2.75) is 6.54 Å². The molecule has 1 N–H and O–H groups in total. The fraction of sp³-hybridized carbons (Fsp3) is 0.250. The Morgan fingerprint density at radius 3 is 2.20 bits per heavy atom. The normalized spacial score (nSPS) is 9.95. The molecule has 0 amide bonds. The zero-order valence-corrected chi connectivity index (χ0v) is 12.0. The van der Waals surface area contributed by atoms with Crippen LogP contribution in [-0.2, 0) is 6.54 Å². The summed E-state index contributed by atoms with van der Waals surface area (Å²) in [6.45, 7) is 0.626. The van der Waals surface area contributed by atoms with Gasteiger partial charge in [-0.15, -0.1) is 0 Å². The lowest BCUT2D eigenvalue weighted by atomic mass is 10.1. The van der Waals surface area contributed by atoms with Gasteiger partial charge in [-0.2, -0.15) is 0 Å². The van der Waals surface area contributed by atoms with Crippen LogP contribution in [0.15, 0.2) is 42.5 Å². The molecule has 0 saturated heterocycles. The average molecular weight is 273 g/mol. The summed E-state index contributed by atoms with van der Waals surface area (Å²) in [4.78, 5) is 0. The van der Waals surface area contributed by atoms with Crippen LogP contribution in [-0.4, -0.2) is 21.3 Å². The molecule has 0 bridgehead atoms. The molecular weight excluding hydrogens is 254 g/mol. The van der Waals surface area contributed by atoms with Gasteiger partial charge in [0.25, 0.3) is 0 Å². The van der Waals surface area contributed by atoms with Crippen molar-refractivity contribution in [1.29, 1.82) is 0 Å². The molecule has 20 heavy (non-hydrogen) atoms. The first-order valence-electron chi connectivity index (χ1n) is 6.37. The largest absolute Gasteiger partial charge is 0.495 e. The fourth-order valence-corrected chi connectivity index (χ4v) is 2.07. The molecule has 0 aliphatic heterocycles. The Bertz CT molecular complexity index is 569. The van der Waals surface area contributed by atoms with Gasteiger partial charge >= 0.3 is 0 Å². The van der Waals surface area contributed by atoms with Crippen molar-refractivity contribution >= 4 is 5.69 Å². The topological polar surface area (TPSA) is 39.7 Å². The van der Waals surface area contributed by atoms with Crippen LogP contribution in [0.25, 0.3) is 0 Å². The smallest absolute Gasteiger partial charge is 0.165 e. The van der Waals surface area contributed by atoms with Gasteiger partial charge in [0, 0.05) is 12.1 Å². The highest BCUT2D eigenvalue weighted by Crippen LogP contribution is 2.32. The fourth-order valence-electron chi connectivity index (χ4n) is 2.07. The van der Waals surface area contributed by atoms with Gasteiger partial charge in [0.1, 0.15) is 5.75 Å². The second-order valence-electron chi connectivity index (χ2n) is 4.21. The second kappa shape index (κ2) is 6.70. The first-order valence-corrected chi connectivity index (χ1v) is 6.37. The summed E-state index contributed by atoms with van der Waals surface area (Å²) in [5.41, 5.74) is 1.97. The third-order valence-corrected chi connectivity index (χ3v) is 3.06. The maximum absolute atomic E-state index is 5.42. The van der Waals surface area contributed by atoms with Crippen molar-refractivity contribution in [3.8, 4) is 17.2 Å². The second-order valence-corrected chi connectivity index (χ2v) is 4.21. The standard InChI is InChI=1S/C16H19NO3/c1-18-14-9-5-4-8-13(14)17-11-12-7-6-10-15(19-2)16(12)20-3/h4-10,17H,11H2,1-3H3. The van der Waals surface area contributed by atoms with Crippen molar-refractivity contribution in [3.05, 3.63) is 48.0 Å².